The van der Waals surface area contributed by atoms with E-state index < -0.39 is 0 Å². The van der Waals surface area contributed by atoms with Gasteiger partial charge in [-0.25, -0.2) is 10.4 Å². The topological polar surface area (TPSA) is 79.5 Å². The summed E-state index contributed by atoms with van der Waals surface area (Å²) in [6, 6.07) is 12.5. The van der Waals surface area contributed by atoms with Crippen molar-refractivity contribution >= 4 is 34.7 Å². The average molecular weight is 460 g/mol. The van der Waals surface area contributed by atoms with Crippen LogP contribution in [-0.4, -0.2) is 26.8 Å². The Labute approximate surface area is 164 Å². The van der Waals surface area contributed by atoms with Crippen LogP contribution in [0.25, 0.3) is 5.82 Å². The zero-order chi connectivity index (χ0) is 18.7. The van der Waals surface area contributed by atoms with E-state index in [2.05, 4.69) is 15.5 Å². The summed E-state index contributed by atoms with van der Waals surface area (Å²) in [6.07, 6.45) is 3.35. The van der Waals surface area contributed by atoms with Gasteiger partial charge in [-0.3, -0.25) is 4.79 Å². The Morgan fingerprint density at radius 1 is 1.27 bits per heavy atom. The van der Waals surface area contributed by atoms with E-state index >= 15 is 0 Å². The van der Waals surface area contributed by atoms with Gasteiger partial charge in [-0.05, 0) is 72.8 Å². The second-order valence-corrected chi connectivity index (χ2v) is 6.88. The molecule has 1 amide bonds. The first-order valence-electron chi connectivity index (χ1n) is 7.89. The summed E-state index contributed by atoms with van der Waals surface area (Å²) in [5.74, 6) is 0.521. The van der Waals surface area contributed by atoms with Crippen LogP contribution in [0.5, 0.6) is 5.75 Å². The van der Waals surface area contributed by atoms with Gasteiger partial charge in [0.05, 0.1) is 9.78 Å². The summed E-state index contributed by atoms with van der Waals surface area (Å²) >= 11 is 2.00. The predicted octanol–water partition coefficient (Wildman–Crippen LogP) is 3.56. The molecule has 26 heavy (non-hydrogen) atoms. The largest absolute Gasteiger partial charge is 0.507 e. The lowest BCUT2D eigenvalue weighted by Crippen LogP contribution is -2.17. The Morgan fingerprint density at radius 3 is 2.77 bits per heavy atom. The number of hydrogen-bond donors (Lipinski definition) is 2. The molecule has 6 nitrogen and oxygen atoms in total. The van der Waals surface area contributed by atoms with Gasteiger partial charge in [0.25, 0.3) is 5.91 Å². The van der Waals surface area contributed by atoms with Crippen LogP contribution >= 0.6 is 22.6 Å². The molecule has 0 atom stereocenters. The molecule has 0 aliphatic heterocycles. The van der Waals surface area contributed by atoms with Crippen molar-refractivity contribution in [3.05, 3.63) is 74.7 Å². The van der Waals surface area contributed by atoms with Gasteiger partial charge >= 0.3 is 0 Å². The van der Waals surface area contributed by atoms with Gasteiger partial charge in [0.15, 0.2) is 0 Å². The number of nitrogens with zero attached hydrogens (tertiary/aromatic N) is 3. The first kappa shape index (κ1) is 18.1. The van der Waals surface area contributed by atoms with Crippen molar-refractivity contribution in [1.29, 1.82) is 0 Å². The van der Waals surface area contributed by atoms with Crippen molar-refractivity contribution in [3.63, 3.8) is 0 Å². The van der Waals surface area contributed by atoms with Crippen LogP contribution in [0.4, 0.5) is 0 Å². The molecule has 0 unspecified atom stereocenters. The highest BCUT2D eigenvalue weighted by Gasteiger charge is 2.10. The molecule has 0 aliphatic carbocycles. The SMILES string of the molecule is Cc1cc(/C=N\NC(=O)c2ccc(I)c(O)c2)c(C)n1-c1ccccn1. The van der Waals surface area contributed by atoms with Gasteiger partial charge in [-0.2, -0.15) is 5.10 Å². The molecule has 132 valence electrons. The summed E-state index contributed by atoms with van der Waals surface area (Å²) in [5, 5.41) is 13.7. The van der Waals surface area contributed by atoms with Crippen molar-refractivity contribution in [1.82, 2.24) is 15.0 Å². The van der Waals surface area contributed by atoms with Crippen molar-refractivity contribution in [2.45, 2.75) is 13.8 Å². The molecular weight excluding hydrogens is 443 g/mol. The number of carbonyl (C=O) groups excluding carboxylic acids is 1. The molecule has 0 aliphatic rings. The van der Waals surface area contributed by atoms with Gasteiger partial charge in [0.2, 0.25) is 0 Å². The van der Waals surface area contributed by atoms with Crippen LogP contribution in [0, 0.1) is 17.4 Å². The Balaban J connectivity index is 1.77. The maximum Gasteiger partial charge on any atom is 0.271 e. The third-order valence-electron chi connectivity index (χ3n) is 3.93. The van der Waals surface area contributed by atoms with Gasteiger partial charge in [-0.1, -0.05) is 6.07 Å². The lowest BCUT2D eigenvalue weighted by Gasteiger charge is -2.07. The van der Waals surface area contributed by atoms with Crippen molar-refractivity contribution in [3.8, 4) is 11.6 Å². The summed E-state index contributed by atoms with van der Waals surface area (Å²) in [7, 11) is 0. The second kappa shape index (κ2) is 7.69. The molecular formula is C19H17IN4O2. The zero-order valence-corrected chi connectivity index (χ0v) is 16.4. The van der Waals surface area contributed by atoms with Crippen molar-refractivity contribution < 1.29 is 9.90 Å². The van der Waals surface area contributed by atoms with Crippen LogP contribution in [-0.2, 0) is 0 Å². The number of hydrogen-bond acceptors (Lipinski definition) is 4. The Morgan fingerprint density at radius 2 is 2.08 bits per heavy atom. The number of hydrazone groups is 1. The van der Waals surface area contributed by atoms with E-state index in [4.69, 9.17) is 0 Å². The van der Waals surface area contributed by atoms with E-state index in [0.717, 1.165) is 22.8 Å². The van der Waals surface area contributed by atoms with Crippen LogP contribution in [0.15, 0.2) is 53.8 Å². The van der Waals surface area contributed by atoms with E-state index in [1.54, 1.807) is 24.5 Å². The molecule has 3 aromatic rings. The fraction of sp³-hybridized carbons (Fsp3) is 0.105. The minimum absolute atomic E-state index is 0.0705. The Bertz CT molecular complexity index is 981. The number of aryl methyl sites for hydroxylation is 1. The average Bonchev–Trinajstić information content (AvgIpc) is 2.91. The first-order valence-corrected chi connectivity index (χ1v) is 8.97. The number of rotatable bonds is 4. The monoisotopic (exact) mass is 460 g/mol. The van der Waals surface area contributed by atoms with Crippen LogP contribution in [0.2, 0.25) is 0 Å². The maximum absolute atomic E-state index is 12.1. The molecule has 0 saturated heterocycles. The number of carbonyl (C=O) groups is 1. The summed E-state index contributed by atoms with van der Waals surface area (Å²) in [6.45, 7) is 3.97. The van der Waals surface area contributed by atoms with Crippen molar-refractivity contribution in [2.75, 3.05) is 0 Å². The Kier molecular flexibility index (Phi) is 5.36. The molecule has 0 bridgehead atoms. The fourth-order valence-corrected chi connectivity index (χ4v) is 2.97. The number of phenols is 1. The van der Waals surface area contributed by atoms with Gasteiger partial charge in [0.1, 0.15) is 11.6 Å². The zero-order valence-electron chi connectivity index (χ0n) is 14.3. The van der Waals surface area contributed by atoms with Crippen LogP contribution < -0.4 is 5.43 Å². The summed E-state index contributed by atoms with van der Waals surface area (Å²) in [5.41, 5.74) is 5.72. The molecule has 2 N–H and O–H groups in total. The molecule has 0 spiro atoms. The number of phenolic OH excluding ortho intramolecular Hbond substituents is 1. The van der Waals surface area contributed by atoms with E-state index in [0.29, 0.717) is 9.13 Å². The van der Waals surface area contributed by atoms with Gasteiger partial charge in [-0.15, -0.1) is 0 Å². The number of halogens is 1. The van der Waals surface area contributed by atoms with Crippen molar-refractivity contribution in [2.24, 2.45) is 5.10 Å². The molecule has 7 heteroatoms. The van der Waals surface area contributed by atoms with E-state index in [9.17, 15) is 9.90 Å². The lowest BCUT2D eigenvalue weighted by molar-refractivity contribution is 0.0954. The minimum Gasteiger partial charge on any atom is -0.507 e. The predicted molar refractivity (Wildman–Crippen MR) is 109 cm³/mol. The number of pyridine rings is 1. The smallest absolute Gasteiger partial charge is 0.271 e. The number of benzene rings is 1. The van der Waals surface area contributed by atoms with Crippen LogP contribution in [0.3, 0.4) is 0 Å². The quantitative estimate of drug-likeness (QED) is 0.355. The first-order chi connectivity index (χ1) is 12.5. The highest BCUT2D eigenvalue weighted by molar-refractivity contribution is 14.1. The van der Waals surface area contributed by atoms with Gasteiger partial charge in [0, 0.05) is 28.7 Å². The van der Waals surface area contributed by atoms with Crippen LogP contribution in [0.1, 0.15) is 27.3 Å². The highest BCUT2D eigenvalue weighted by Crippen LogP contribution is 2.20. The third-order valence-corrected chi connectivity index (χ3v) is 4.84. The number of amides is 1. The molecule has 2 heterocycles. The maximum atomic E-state index is 12.1. The number of aromatic nitrogens is 2. The number of aromatic hydroxyl groups is 1. The molecule has 1 aromatic carbocycles. The molecule has 0 radical (unpaired) electrons. The fourth-order valence-electron chi connectivity index (χ4n) is 2.64. The lowest BCUT2D eigenvalue weighted by atomic mass is 10.2. The minimum atomic E-state index is -0.383. The molecule has 0 fully saturated rings. The standard InChI is InChI=1S/C19H17IN4O2/c1-12-9-15(13(2)24(12)18-5-3-4-8-21-18)11-22-23-19(26)14-6-7-16(20)17(25)10-14/h3-11,25H,1-2H3,(H,23,26)/b22-11-. The molecule has 3 rings (SSSR count). The summed E-state index contributed by atoms with van der Waals surface area (Å²) in [4.78, 5) is 16.5. The molecule has 0 saturated carbocycles. The third kappa shape index (κ3) is 3.77. The van der Waals surface area contributed by atoms with Gasteiger partial charge < -0.3 is 9.67 Å². The second-order valence-electron chi connectivity index (χ2n) is 5.72. The van der Waals surface area contributed by atoms with E-state index in [1.165, 1.54) is 6.07 Å². The summed E-state index contributed by atoms with van der Waals surface area (Å²) < 4.78 is 2.71. The molecule has 2 aromatic heterocycles. The van der Waals surface area contributed by atoms with E-state index in [1.807, 2.05) is 65.3 Å². The Hall–Kier alpha value is -2.68. The van der Waals surface area contributed by atoms with E-state index in [-0.39, 0.29) is 11.7 Å². The normalized spacial score (nSPS) is 11.0. The highest BCUT2D eigenvalue weighted by atomic mass is 127. The number of nitrogens with one attached hydrogen (secondary N) is 1.